The van der Waals surface area contributed by atoms with Crippen LogP contribution in [0.5, 0.6) is 5.75 Å². The van der Waals surface area contributed by atoms with Gasteiger partial charge in [0.15, 0.2) is 5.85 Å². The van der Waals surface area contributed by atoms with Crippen molar-refractivity contribution in [2.24, 2.45) is 5.92 Å². The first-order valence-electron chi connectivity index (χ1n) is 17.6. The first-order valence-corrected chi connectivity index (χ1v) is 19.6. The maximum absolute atomic E-state index is 14.1. The average Bonchev–Trinajstić information content (AvgIpc) is 3.33. The fourth-order valence-electron chi connectivity index (χ4n) is 6.55. The van der Waals surface area contributed by atoms with Gasteiger partial charge in [0.05, 0.1) is 25.8 Å². The van der Waals surface area contributed by atoms with Crippen molar-refractivity contribution in [3.8, 4) is 5.75 Å². The van der Waals surface area contributed by atoms with E-state index in [9.17, 15) is 24.1 Å². The lowest BCUT2D eigenvalue weighted by Gasteiger charge is -2.32. The molecule has 2 aromatic carbocycles. The SMILES string of the molecule is CCOP(=O)(OCC)C(O)C(CCC(=O)N1CCOc2ccccc2C1)NC(=O)C(CC1CCCCC1)NC(=O)N(C)Cc1cccc(Cl)c1. The summed E-state index contributed by atoms with van der Waals surface area (Å²) in [5.74, 6) is -1.58. The Morgan fingerprint density at radius 3 is 2.48 bits per heavy atom. The lowest BCUT2D eigenvalue weighted by molar-refractivity contribution is -0.132. The molecule has 3 N–H and O–H groups in total. The van der Waals surface area contributed by atoms with Gasteiger partial charge in [0.25, 0.3) is 0 Å². The van der Waals surface area contributed by atoms with Crippen molar-refractivity contribution >= 4 is 37.0 Å². The summed E-state index contributed by atoms with van der Waals surface area (Å²) < 4.78 is 30.5. The third kappa shape index (κ3) is 11.4. The van der Waals surface area contributed by atoms with E-state index in [2.05, 4.69) is 10.6 Å². The van der Waals surface area contributed by atoms with Gasteiger partial charge in [-0.1, -0.05) is 74.0 Å². The summed E-state index contributed by atoms with van der Waals surface area (Å²) in [6.07, 6.45) is 5.37. The number of rotatable bonds is 16. The van der Waals surface area contributed by atoms with E-state index in [1.165, 1.54) is 4.90 Å². The number of benzene rings is 2. The number of nitrogens with one attached hydrogen (secondary N) is 2. The molecule has 3 atom stereocenters. The van der Waals surface area contributed by atoms with E-state index in [1.54, 1.807) is 37.9 Å². The molecule has 2 aromatic rings. The van der Waals surface area contributed by atoms with E-state index < -0.39 is 37.5 Å². The minimum atomic E-state index is -4.13. The Kier molecular flexibility index (Phi) is 15.4. The molecule has 2 aliphatic rings. The second-order valence-corrected chi connectivity index (χ2v) is 15.5. The molecular formula is C36H52ClN4O8P. The van der Waals surface area contributed by atoms with Crippen LogP contribution in [-0.4, -0.2) is 84.1 Å². The van der Waals surface area contributed by atoms with Gasteiger partial charge in [-0.2, -0.15) is 0 Å². The second-order valence-electron chi connectivity index (χ2n) is 12.9. The van der Waals surface area contributed by atoms with Gasteiger partial charge in [-0.05, 0) is 56.4 Å². The number of urea groups is 1. The minimum absolute atomic E-state index is 0.000441. The molecule has 50 heavy (non-hydrogen) atoms. The molecule has 1 heterocycles. The summed E-state index contributed by atoms with van der Waals surface area (Å²) in [5.41, 5.74) is 1.71. The smallest absolute Gasteiger partial charge is 0.360 e. The van der Waals surface area contributed by atoms with Crippen LogP contribution in [0.25, 0.3) is 0 Å². The van der Waals surface area contributed by atoms with Gasteiger partial charge in [-0.3, -0.25) is 14.2 Å². The van der Waals surface area contributed by atoms with Gasteiger partial charge in [-0.15, -0.1) is 0 Å². The molecule has 0 radical (unpaired) electrons. The summed E-state index contributed by atoms with van der Waals surface area (Å²) >= 11 is 6.14. The summed E-state index contributed by atoms with van der Waals surface area (Å²) in [6, 6.07) is 12.1. The van der Waals surface area contributed by atoms with Crippen molar-refractivity contribution in [3.63, 3.8) is 0 Å². The molecule has 0 saturated heterocycles. The lowest BCUT2D eigenvalue weighted by Crippen LogP contribution is -2.55. The molecule has 0 spiro atoms. The second kappa shape index (κ2) is 19.5. The predicted octanol–water partition coefficient (Wildman–Crippen LogP) is 6.09. The Morgan fingerprint density at radius 1 is 1.06 bits per heavy atom. The number of hydrogen-bond acceptors (Lipinski definition) is 8. The van der Waals surface area contributed by atoms with Crippen LogP contribution in [0.4, 0.5) is 4.79 Å². The fraction of sp³-hybridized carbons (Fsp3) is 0.583. The maximum Gasteiger partial charge on any atom is 0.360 e. The van der Waals surface area contributed by atoms with Crippen molar-refractivity contribution in [1.82, 2.24) is 20.4 Å². The van der Waals surface area contributed by atoms with Crippen LogP contribution < -0.4 is 15.4 Å². The zero-order chi connectivity index (χ0) is 36.1. The number of aliphatic hydroxyl groups excluding tert-OH is 1. The number of carbonyl (C=O) groups is 3. The molecule has 4 rings (SSSR count). The number of aliphatic hydroxyl groups is 1. The molecule has 14 heteroatoms. The van der Waals surface area contributed by atoms with E-state index in [-0.39, 0.29) is 44.4 Å². The first kappa shape index (κ1) is 39.6. The maximum atomic E-state index is 14.1. The van der Waals surface area contributed by atoms with Gasteiger partial charge in [0.1, 0.15) is 18.4 Å². The Labute approximate surface area is 300 Å². The molecule has 12 nitrogen and oxygen atoms in total. The molecule has 3 unspecified atom stereocenters. The van der Waals surface area contributed by atoms with Crippen LogP contribution in [0.1, 0.15) is 76.3 Å². The Hall–Kier alpha value is -3.15. The Morgan fingerprint density at radius 2 is 1.78 bits per heavy atom. The van der Waals surface area contributed by atoms with Crippen LogP contribution in [0.3, 0.4) is 0 Å². The van der Waals surface area contributed by atoms with Crippen molar-refractivity contribution < 1.29 is 37.8 Å². The van der Waals surface area contributed by atoms with Gasteiger partial charge < -0.3 is 39.3 Å². The summed E-state index contributed by atoms with van der Waals surface area (Å²) in [4.78, 5) is 44.2. The zero-order valence-electron chi connectivity index (χ0n) is 29.4. The molecule has 4 amide bonds. The van der Waals surface area contributed by atoms with Crippen LogP contribution in [0, 0.1) is 5.92 Å². The van der Waals surface area contributed by atoms with Crippen molar-refractivity contribution in [1.29, 1.82) is 0 Å². The summed E-state index contributed by atoms with van der Waals surface area (Å²) in [7, 11) is -2.49. The van der Waals surface area contributed by atoms with E-state index in [4.69, 9.17) is 25.4 Å². The number of para-hydroxylation sites is 1. The quantitative estimate of drug-likeness (QED) is 0.176. The number of carbonyl (C=O) groups excluding carboxylic acids is 3. The Bertz CT molecular complexity index is 1470. The van der Waals surface area contributed by atoms with Crippen molar-refractivity contribution in [2.75, 3.05) is 33.4 Å². The lowest BCUT2D eigenvalue weighted by atomic mass is 9.84. The molecule has 1 aliphatic heterocycles. The fourth-order valence-corrected chi connectivity index (χ4v) is 8.53. The highest BCUT2D eigenvalue weighted by Crippen LogP contribution is 2.53. The number of fused-ring (bicyclic) bond motifs is 1. The number of amides is 4. The van der Waals surface area contributed by atoms with E-state index in [1.807, 2.05) is 36.4 Å². The number of halogens is 1. The topological polar surface area (TPSA) is 147 Å². The average molecular weight is 735 g/mol. The Balaban J connectivity index is 1.52. The standard InChI is InChI=1S/C36H52ClN4O8P/c1-4-48-50(46,49-5-2)35(44)30(18-19-33(42)41-20-21-47-32-17-10-9-15-28(32)25-41)38-34(43)31(23-26-12-7-6-8-13-26)39-36(45)40(3)24-27-14-11-16-29(37)22-27/h9-11,14-17,22,26,30-31,35,44H,4-8,12-13,18-21,23-25H2,1-3H3,(H,38,43)(H,39,45). The van der Waals surface area contributed by atoms with E-state index in [0.29, 0.717) is 31.1 Å². The molecule has 1 fully saturated rings. The largest absolute Gasteiger partial charge is 0.491 e. The van der Waals surface area contributed by atoms with Crippen LogP contribution in [0.15, 0.2) is 48.5 Å². The summed E-state index contributed by atoms with van der Waals surface area (Å²) in [6.45, 7) is 4.57. The monoisotopic (exact) mass is 734 g/mol. The van der Waals surface area contributed by atoms with Crippen LogP contribution >= 0.6 is 19.2 Å². The number of nitrogens with zero attached hydrogens (tertiary/aromatic N) is 2. The minimum Gasteiger partial charge on any atom is -0.491 e. The van der Waals surface area contributed by atoms with Gasteiger partial charge in [0.2, 0.25) is 11.8 Å². The number of ether oxygens (including phenoxy) is 1. The van der Waals surface area contributed by atoms with Crippen molar-refractivity contribution in [2.45, 2.75) is 96.2 Å². The van der Waals surface area contributed by atoms with Gasteiger partial charge in [-0.25, -0.2) is 4.79 Å². The summed E-state index contributed by atoms with van der Waals surface area (Å²) in [5, 5.41) is 17.8. The van der Waals surface area contributed by atoms with E-state index >= 15 is 0 Å². The first-order chi connectivity index (χ1) is 24.0. The van der Waals surface area contributed by atoms with Gasteiger partial charge >= 0.3 is 13.6 Å². The van der Waals surface area contributed by atoms with Gasteiger partial charge in [0, 0.05) is 37.1 Å². The molecule has 276 valence electrons. The third-order valence-corrected chi connectivity index (χ3v) is 11.6. The van der Waals surface area contributed by atoms with Crippen LogP contribution in [0.2, 0.25) is 5.02 Å². The molecule has 0 aromatic heterocycles. The van der Waals surface area contributed by atoms with E-state index in [0.717, 1.165) is 49.0 Å². The third-order valence-electron chi connectivity index (χ3n) is 9.17. The molecule has 1 saturated carbocycles. The highest BCUT2D eigenvalue weighted by Gasteiger charge is 2.42. The van der Waals surface area contributed by atoms with Crippen LogP contribution in [-0.2, 0) is 36.3 Å². The van der Waals surface area contributed by atoms with Crippen molar-refractivity contribution in [3.05, 3.63) is 64.7 Å². The predicted molar refractivity (Wildman–Crippen MR) is 192 cm³/mol. The molecule has 1 aliphatic carbocycles. The highest BCUT2D eigenvalue weighted by molar-refractivity contribution is 7.54. The molecule has 0 bridgehead atoms. The zero-order valence-corrected chi connectivity index (χ0v) is 31.0. The highest BCUT2D eigenvalue weighted by atomic mass is 35.5. The molecular weight excluding hydrogens is 683 g/mol. The normalized spacial score (nSPS) is 17.0. The number of hydrogen-bond donors (Lipinski definition) is 3.